The van der Waals surface area contributed by atoms with Crippen LogP contribution in [0.3, 0.4) is 0 Å². The zero-order chi connectivity index (χ0) is 23.6. The van der Waals surface area contributed by atoms with E-state index in [0.717, 1.165) is 11.1 Å². The molecule has 10 heteroatoms. The first kappa shape index (κ1) is 22.5. The van der Waals surface area contributed by atoms with Crippen LogP contribution in [0.4, 0.5) is 5.82 Å². The van der Waals surface area contributed by atoms with E-state index in [9.17, 15) is 8.42 Å². The van der Waals surface area contributed by atoms with Crippen LogP contribution in [0.2, 0.25) is 0 Å². The molecule has 1 aromatic heterocycles. The Hall–Kier alpha value is -2.27. The minimum absolute atomic E-state index is 0.0105. The van der Waals surface area contributed by atoms with Gasteiger partial charge in [-0.25, -0.2) is 18.4 Å². The summed E-state index contributed by atoms with van der Waals surface area (Å²) in [5.41, 5.74) is 8.02. The van der Waals surface area contributed by atoms with Crippen molar-refractivity contribution in [3.8, 4) is 17.1 Å². The first-order valence-electron chi connectivity index (χ1n) is 11.1. The monoisotopic (exact) mass is 474 g/mol. The van der Waals surface area contributed by atoms with Gasteiger partial charge in [0.05, 0.1) is 44.1 Å². The van der Waals surface area contributed by atoms with E-state index in [4.69, 9.17) is 29.9 Å². The average molecular weight is 475 g/mol. The number of fused-ring (bicyclic) bond motifs is 3. The molecule has 0 saturated carbocycles. The summed E-state index contributed by atoms with van der Waals surface area (Å²) in [6.07, 6.45) is 1.22. The van der Waals surface area contributed by atoms with Crippen molar-refractivity contribution in [1.82, 2.24) is 9.97 Å². The lowest BCUT2D eigenvalue weighted by atomic mass is 9.89. The first-order chi connectivity index (χ1) is 15.5. The Morgan fingerprint density at radius 3 is 2.39 bits per heavy atom. The lowest BCUT2D eigenvalue weighted by molar-refractivity contribution is -0.0569. The van der Waals surface area contributed by atoms with Crippen molar-refractivity contribution in [2.24, 2.45) is 5.73 Å². The second kappa shape index (κ2) is 7.63. The number of hydrogen-bond acceptors (Lipinski definition) is 9. The normalized spacial score (nSPS) is 24.3. The van der Waals surface area contributed by atoms with E-state index in [1.165, 1.54) is 6.26 Å². The van der Waals surface area contributed by atoms with E-state index in [0.29, 0.717) is 56.1 Å². The Bertz CT molecular complexity index is 1180. The molecule has 2 aromatic rings. The van der Waals surface area contributed by atoms with Crippen LogP contribution in [-0.4, -0.2) is 69.8 Å². The second-order valence-corrected chi connectivity index (χ2v) is 12.4. The van der Waals surface area contributed by atoms with E-state index in [2.05, 4.69) is 11.8 Å². The number of aromatic nitrogens is 2. The van der Waals surface area contributed by atoms with Crippen LogP contribution >= 0.6 is 0 Å². The Kier molecular flexibility index (Phi) is 5.20. The molecule has 9 nitrogen and oxygen atoms in total. The Balaban J connectivity index is 1.66. The van der Waals surface area contributed by atoms with E-state index in [-0.39, 0.29) is 12.1 Å². The van der Waals surface area contributed by atoms with Gasteiger partial charge in [0.1, 0.15) is 17.0 Å². The standard InChI is InChI=1S/C23H30N4O5S/c1-14-9-30-10-17-11-32-18-19(22(2,3)33(4,28)29)25-20(26-21(18)27(14)17)15-5-7-16(8-6-15)23(24)12-31-13-23/h5-8,14,17H,9-13,24H2,1-4H3/t14-,17?/m1/s1. The van der Waals surface area contributed by atoms with Crippen molar-refractivity contribution < 1.29 is 22.6 Å². The summed E-state index contributed by atoms with van der Waals surface area (Å²) in [4.78, 5) is 11.8. The number of anilines is 1. The summed E-state index contributed by atoms with van der Waals surface area (Å²) < 4.78 is 41.3. The summed E-state index contributed by atoms with van der Waals surface area (Å²) in [5, 5.41) is 0. The molecule has 4 heterocycles. The van der Waals surface area contributed by atoms with Gasteiger partial charge in [-0.1, -0.05) is 24.3 Å². The van der Waals surface area contributed by atoms with Gasteiger partial charge in [0.15, 0.2) is 27.2 Å². The number of benzene rings is 1. The maximum absolute atomic E-state index is 12.8. The average Bonchev–Trinajstić information content (AvgIpc) is 2.76. The molecular formula is C23H30N4O5S. The maximum Gasteiger partial charge on any atom is 0.185 e. The van der Waals surface area contributed by atoms with Crippen molar-refractivity contribution in [1.29, 1.82) is 0 Å². The topological polar surface area (TPSA) is 117 Å². The van der Waals surface area contributed by atoms with E-state index >= 15 is 0 Å². The Labute approximate surface area is 194 Å². The smallest absolute Gasteiger partial charge is 0.185 e. The van der Waals surface area contributed by atoms with Crippen LogP contribution in [0.1, 0.15) is 32.0 Å². The minimum Gasteiger partial charge on any atom is -0.486 e. The third kappa shape index (κ3) is 3.60. The quantitative estimate of drug-likeness (QED) is 0.705. The lowest BCUT2D eigenvalue weighted by Gasteiger charge is -2.45. The number of rotatable bonds is 4. The van der Waals surface area contributed by atoms with Crippen LogP contribution in [0.25, 0.3) is 11.4 Å². The molecule has 0 amide bonds. The molecule has 1 aromatic carbocycles. The van der Waals surface area contributed by atoms with E-state index < -0.39 is 20.1 Å². The van der Waals surface area contributed by atoms with Crippen LogP contribution in [0.15, 0.2) is 24.3 Å². The minimum atomic E-state index is -3.50. The molecule has 2 fully saturated rings. The zero-order valence-electron chi connectivity index (χ0n) is 19.4. The highest BCUT2D eigenvalue weighted by molar-refractivity contribution is 7.91. The van der Waals surface area contributed by atoms with Gasteiger partial charge in [-0.2, -0.15) is 0 Å². The van der Waals surface area contributed by atoms with Gasteiger partial charge in [-0.15, -0.1) is 0 Å². The Morgan fingerprint density at radius 2 is 1.79 bits per heavy atom. The third-order valence-corrected chi connectivity index (χ3v) is 9.03. The van der Waals surface area contributed by atoms with Gasteiger partial charge >= 0.3 is 0 Å². The molecule has 3 aliphatic rings. The van der Waals surface area contributed by atoms with Gasteiger partial charge < -0.3 is 24.8 Å². The third-order valence-electron chi connectivity index (χ3n) is 6.98. The fraction of sp³-hybridized carbons (Fsp3) is 0.565. The highest BCUT2D eigenvalue weighted by Gasteiger charge is 2.44. The van der Waals surface area contributed by atoms with Crippen LogP contribution in [0.5, 0.6) is 5.75 Å². The van der Waals surface area contributed by atoms with E-state index in [1.54, 1.807) is 13.8 Å². The molecule has 2 atom stereocenters. The molecule has 178 valence electrons. The van der Waals surface area contributed by atoms with Gasteiger partial charge in [-0.05, 0) is 26.3 Å². The highest BCUT2D eigenvalue weighted by atomic mass is 32.2. The van der Waals surface area contributed by atoms with Crippen molar-refractivity contribution in [3.63, 3.8) is 0 Å². The molecular weight excluding hydrogens is 444 g/mol. The van der Waals surface area contributed by atoms with Gasteiger partial charge in [0.25, 0.3) is 0 Å². The first-order valence-corrected chi connectivity index (χ1v) is 13.0. The summed E-state index contributed by atoms with van der Waals surface area (Å²) in [7, 11) is -3.50. The molecule has 0 bridgehead atoms. The highest BCUT2D eigenvalue weighted by Crippen LogP contribution is 2.44. The fourth-order valence-electron chi connectivity index (χ4n) is 4.48. The van der Waals surface area contributed by atoms with Crippen LogP contribution < -0.4 is 15.4 Å². The second-order valence-electron chi connectivity index (χ2n) is 9.82. The molecule has 33 heavy (non-hydrogen) atoms. The lowest BCUT2D eigenvalue weighted by Crippen LogP contribution is -2.56. The number of morpholine rings is 1. The van der Waals surface area contributed by atoms with Crippen LogP contribution in [-0.2, 0) is 29.6 Å². The SMILES string of the molecule is C[C@@H]1COCC2COc3c(nc(-c4ccc(C5(N)COC5)cc4)nc3C(C)(C)S(C)(=O)=O)N21. The number of sulfone groups is 1. The summed E-state index contributed by atoms with van der Waals surface area (Å²) in [5.74, 6) is 1.50. The number of hydrogen-bond donors (Lipinski definition) is 1. The molecule has 0 spiro atoms. The molecule has 0 radical (unpaired) electrons. The predicted molar refractivity (Wildman–Crippen MR) is 124 cm³/mol. The fourth-order valence-corrected chi connectivity index (χ4v) is 4.97. The van der Waals surface area contributed by atoms with E-state index in [1.807, 2.05) is 24.3 Å². The molecule has 1 unspecified atom stereocenters. The molecule has 2 saturated heterocycles. The number of nitrogens with two attached hydrogens (primary N) is 1. The van der Waals surface area contributed by atoms with Gasteiger partial charge in [0.2, 0.25) is 0 Å². The number of ether oxygens (including phenoxy) is 3. The molecule has 2 N–H and O–H groups in total. The zero-order valence-corrected chi connectivity index (χ0v) is 20.2. The van der Waals surface area contributed by atoms with Gasteiger partial charge in [-0.3, -0.25) is 0 Å². The Morgan fingerprint density at radius 1 is 1.09 bits per heavy atom. The largest absolute Gasteiger partial charge is 0.486 e. The molecule has 0 aliphatic carbocycles. The van der Waals surface area contributed by atoms with Gasteiger partial charge in [0, 0.05) is 11.8 Å². The van der Waals surface area contributed by atoms with Crippen molar-refractivity contribution >= 4 is 15.7 Å². The van der Waals surface area contributed by atoms with Crippen LogP contribution in [0, 0.1) is 0 Å². The number of nitrogens with zero attached hydrogens (tertiary/aromatic N) is 3. The van der Waals surface area contributed by atoms with Crippen molar-refractivity contribution in [2.75, 3.05) is 44.2 Å². The molecule has 3 aliphatic heterocycles. The summed E-state index contributed by atoms with van der Waals surface area (Å²) >= 11 is 0. The summed E-state index contributed by atoms with van der Waals surface area (Å²) in [6, 6.07) is 7.84. The van der Waals surface area contributed by atoms with Crippen molar-refractivity contribution in [2.45, 2.75) is 43.1 Å². The van der Waals surface area contributed by atoms with Crippen molar-refractivity contribution in [3.05, 3.63) is 35.5 Å². The summed E-state index contributed by atoms with van der Waals surface area (Å²) in [6.45, 7) is 7.85. The maximum atomic E-state index is 12.8. The molecule has 5 rings (SSSR count). The predicted octanol–water partition coefficient (Wildman–Crippen LogP) is 1.59.